The van der Waals surface area contributed by atoms with E-state index in [1.165, 1.54) is 11.3 Å². The summed E-state index contributed by atoms with van der Waals surface area (Å²) in [5, 5.41) is 0. The van der Waals surface area contributed by atoms with Gasteiger partial charge in [0.15, 0.2) is 0 Å². The average Bonchev–Trinajstić information content (AvgIpc) is 3.49. The molecule has 0 amide bonds. The number of ether oxygens (including phenoxy) is 2. The Kier molecular flexibility index (Phi) is 6.39. The number of nitrogens with one attached hydrogen (secondary N) is 3. The van der Waals surface area contributed by atoms with E-state index in [0.717, 1.165) is 73.8 Å². The van der Waals surface area contributed by atoms with E-state index in [4.69, 9.17) is 14.5 Å². The number of methoxy groups -OCH3 is 2. The van der Waals surface area contributed by atoms with Crippen molar-refractivity contribution >= 4 is 16.7 Å². The molecule has 3 heterocycles. The van der Waals surface area contributed by atoms with Crippen LogP contribution in [0.4, 0.5) is 5.69 Å². The highest BCUT2D eigenvalue weighted by Crippen LogP contribution is 2.28. The second-order valence-corrected chi connectivity index (χ2v) is 9.15. The van der Waals surface area contributed by atoms with Gasteiger partial charge in [0.25, 0.3) is 0 Å². The van der Waals surface area contributed by atoms with Crippen LogP contribution in [-0.4, -0.2) is 68.4 Å². The molecule has 0 spiro atoms. The molecule has 0 radical (unpaired) electrons. The number of fused-ring (bicyclic) bond motifs is 1. The summed E-state index contributed by atoms with van der Waals surface area (Å²) in [6, 6.07) is 13.2. The van der Waals surface area contributed by atoms with Crippen LogP contribution in [0.5, 0.6) is 11.5 Å². The molecular formula is C25H34N6O2. The predicted octanol–water partition coefficient (Wildman–Crippen LogP) is 2.87. The number of hydrogen-bond donors (Lipinski definition) is 3. The summed E-state index contributed by atoms with van der Waals surface area (Å²) in [6.45, 7) is 4.34. The van der Waals surface area contributed by atoms with Crippen molar-refractivity contribution in [1.29, 1.82) is 0 Å². The number of H-pyrrole nitrogens is 1. The standard InChI is InChI=1S/C25H34N6O2/c1-30-8-10-31(11-9-30)19-6-7-22-23(15-19)27-25(26-22)24-14-18(28-29-24)5-4-17-12-20(32-2)16-21(13-17)33-3/h6-7,12-13,15-16,18,24,28-29H,4-5,8-11,14H2,1-3H3,(H,26,27). The smallest absolute Gasteiger partial charge is 0.125 e. The van der Waals surface area contributed by atoms with Crippen LogP contribution < -0.4 is 25.2 Å². The first-order valence-electron chi connectivity index (χ1n) is 11.8. The number of anilines is 1. The summed E-state index contributed by atoms with van der Waals surface area (Å²) >= 11 is 0. The summed E-state index contributed by atoms with van der Waals surface area (Å²) < 4.78 is 10.8. The quantitative estimate of drug-likeness (QED) is 0.511. The molecule has 8 heteroatoms. The van der Waals surface area contributed by atoms with Crippen LogP contribution in [0.2, 0.25) is 0 Å². The fourth-order valence-electron chi connectivity index (χ4n) is 4.79. The first-order chi connectivity index (χ1) is 16.1. The molecule has 2 aliphatic rings. The van der Waals surface area contributed by atoms with E-state index in [9.17, 15) is 0 Å². The minimum atomic E-state index is 0.175. The van der Waals surface area contributed by atoms with E-state index >= 15 is 0 Å². The number of benzene rings is 2. The second kappa shape index (κ2) is 9.59. The topological polar surface area (TPSA) is 77.7 Å². The van der Waals surface area contributed by atoms with Crippen LogP contribution >= 0.6 is 0 Å². The molecule has 2 atom stereocenters. The number of nitrogens with zero attached hydrogens (tertiary/aromatic N) is 3. The van der Waals surface area contributed by atoms with Crippen molar-refractivity contribution in [2.24, 2.45) is 0 Å². The Morgan fingerprint density at radius 1 is 0.970 bits per heavy atom. The van der Waals surface area contributed by atoms with Gasteiger partial charge in [-0.05, 0) is 62.2 Å². The number of aromatic nitrogens is 2. The molecule has 2 unspecified atom stereocenters. The minimum absolute atomic E-state index is 0.175. The van der Waals surface area contributed by atoms with Crippen LogP contribution in [0.1, 0.15) is 30.3 Å². The Morgan fingerprint density at radius 3 is 2.45 bits per heavy atom. The van der Waals surface area contributed by atoms with Gasteiger partial charge in [-0.2, -0.15) is 0 Å². The monoisotopic (exact) mass is 450 g/mol. The van der Waals surface area contributed by atoms with Crippen molar-refractivity contribution in [3.8, 4) is 11.5 Å². The number of aryl methyl sites for hydroxylation is 1. The van der Waals surface area contributed by atoms with Crippen molar-refractivity contribution in [2.45, 2.75) is 31.3 Å². The van der Waals surface area contributed by atoms with Gasteiger partial charge < -0.3 is 24.3 Å². The lowest BCUT2D eigenvalue weighted by Gasteiger charge is -2.34. The minimum Gasteiger partial charge on any atom is -0.497 e. The molecule has 2 saturated heterocycles. The summed E-state index contributed by atoms with van der Waals surface area (Å²) in [5.41, 5.74) is 11.5. The zero-order chi connectivity index (χ0) is 22.8. The molecule has 2 fully saturated rings. The highest BCUT2D eigenvalue weighted by Gasteiger charge is 2.27. The van der Waals surface area contributed by atoms with Crippen molar-refractivity contribution in [3.05, 3.63) is 47.8 Å². The highest BCUT2D eigenvalue weighted by atomic mass is 16.5. The Morgan fingerprint density at radius 2 is 1.73 bits per heavy atom. The van der Waals surface area contributed by atoms with Gasteiger partial charge in [0.1, 0.15) is 17.3 Å². The third kappa shape index (κ3) is 4.93. The Bertz CT molecular complexity index is 1070. The van der Waals surface area contributed by atoms with E-state index < -0.39 is 0 Å². The third-order valence-corrected chi connectivity index (χ3v) is 6.86. The van der Waals surface area contributed by atoms with Gasteiger partial charge in [0.05, 0.1) is 31.3 Å². The zero-order valence-electron chi connectivity index (χ0n) is 19.7. The molecule has 0 saturated carbocycles. The molecule has 33 heavy (non-hydrogen) atoms. The number of piperazine rings is 1. The fourth-order valence-corrected chi connectivity index (χ4v) is 4.79. The normalized spacial score (nSPS) is 21.6. The van der Waals surface area contributed by atoms with E-state index in [2.05, 4.69) is 63.0 Å². The molecule has 0 bridgehead atoms. The van der Waals surface area contributed by atoms with Crippen LogP contribution in [0.3, 0.4) is 0 Å². The van der Waals surface area contributed by atoms with Crippen LogP contribution in [0.15, 0.2) is 36.4 Å². The Hall–Kier alpha value is -2.81. The van der Waals surface area contributed by atoms with Gasteiger partial charge in [-0.1, -0.05) is 0 Å². The molecule has 2 aromatic carbocycles. The first-order valence-corrected chi connectivity index (χ1v) is 11.8. The summed E-state index contributed by atoms with van der Waals surface area (Å²) in [4.78, 5) is 13.3. The molecular weight excluding hydrogens is 416 g/mol. The average molecular weight is 451 g/mol. The van der Waals surface area contributed by atoms with Gasteiger partial charge >= 0.3 is 0 Å². The Labute approximate surface area is 195 Å². The van der Waals surface area contributed by atoms with Crippen molar-refractivity contribution < 1.29 is 9.47 Å². The molecule has 3 aromatic rings. The van der Waals surface area contributed by atoms with E-state index in [-0.39, 0.29) is 6.04 Å². The fraction of sp³-hybridized carbons (Fsp3) is 0.480. The number of hydrogen-bond acceptors (Lipinski definition) is 7. The van der Waals surface area contributed by atoms with Gasteiger partial charge in [0.2, 0.25) is 0 Å². The molecule has 8 nitrogen and oxygen atoms in total. The Balaban J connectivity index is 1.21. The molecule has 176 valence electrons. The number of likely N-dealkylation sites (N-methyl/N-ethyl adjacent to an activating group) is 1. The van der Waals surface area contributed by atoms with Gasteiger partial charge in [-0.3, -0.25) is 5.43 Å². The lowest BCUT2D eigenvalue weighted by Crippen LogP contribution is -2.44. The van der Waals surface area contributed by atoms with Crippen LogP contribution in [-0.2, 0) is 6.42 Å². The summed E-state index contributed by atoms with van der Waals surface area (Å²) in [7, 11) is 5.56. The lowest BCUT2D eigenvalue weighted by atomic mass is 10.0. The maximum Gasteiger partial charge on any atom is 0.125 e. The van der Waals surface area contributed by atoms with E-state index in [1.54, 1.807) is 14.2 Å². The SMILES string of the molecule is COc1cc(CCC2CC(c3nc4ccc(N5CCN(C)CC5)cc4[nH]3)NN2)cc(OC)c1. The summed E-state index contributed by atoms with van der Waals surface area (Å²) in [6.07, 6.45) is 2.97. The highest BCUT2D eigenvalue weighted by molar-refractivity contribution is 5.79. The summed E-state index contributed by atoms with van der Waals surface area (Å²) in [5.74, 6) is 2.66. The predicted molar refractivity (Wildman–Crippen MR) is 131 cm³/mol. The number of rotatable bonds is 7. The second-order valence-electron chi connectivity index (χ2n) is 9.15. The van der Waals surface area contributed by atoms with Crippen molar-refractivity contribution in [1.82, 2.24) is 25.7 Å². The molecule has 3 N–H and O–H groups in total. The molecule has 0 aliphatic carbocycles. The maximum atomic E-state index is 5.40. The van der Waals surface area contributed by atoms with Crippen molar-refractivity contribution in [3.63, 3.8) is 0 Å². The lowest BCUT2D eigenvalue weighted by molar-refractivity contribution is 0.313. The van der Waals surface area contributed by atoms with E-state index in [1.807, 2.05) is 6.07 Å². The maximum absolute atomic E-state index is 5.40. The van der Waals surface area contributed by atoms with Crippen LogP contribution in [0.25, 0.3) is 11.0 Å². The molecule has 5 rings (SSSR count). The van der Waals surface area contributed by atoms with Crippen molar-refractivity contribution in [2.75, 3.05) is 52.3 Å². The largest absolute Gasteiger partial charge is 0.497 e. The van der Waals surface area contributed by atoms with Gasteiger partial charge in [0, 0.05) is 44.0 Å². The number of hydrazine groups is 1. The molecule has 2 aliphatic heterocycles. The van der Waals surface area contributed by atoms with E-state index in [0.29, 0.717) is 6.04 Å². The number of aromatic amines is 1. The first kappa shape index (κ1) is 22.0. The zero-order valence-corrected chi connectivity index (χ0v) is 19.7. The molecule has 1 aromatic heterocycles. The number of imidazole rings is 1. The van der Waals surface area contributed by atoms with Gasteiger partial charge in [-0.25, -0.2) is 10.4 Å². The van der Waals surface area contributed by atoms with Crippen LogP contribution in [0, 0.1) is 0 Å². The third-order valence-electron chi connectivity index (χ3n) is 6.86. The van der Waals surface area contributed by atoms with Gasteiger partial charge in [-0.15, -0.1) is 0 Å².